The minimum absolute atomic E-state index is 0.761. The fourth-order valence-corrected chi connectivity index (χ4v) is 3.44. The van der Waals surface area contributed by atoms with Gasteiger partial charge in [-0.05, 0) is 25.1 Å². The van der Waals surface area contributed by atoms with E-state index in [0.717, 1.165) is 37.1 Å². The van der Waals surface area contributed by atoms with Crippen LogP contribution in [0.4, 0.5) is 5.13 Å². The average Bonchev–Trinajstić information content (AvgIpc) is 2.97. The second-order valence-electron chi connectivity index (χ2n) is 5.05. The molecule has 4 nitrogen and oxygen atoms in total. The number of hydrogen-bond donors (Lipinski definition) is 1. The number of ether oxygens (including phenoxy) is 1. The molecule has 1 aromatic heterocycles. The highest BCUT2D eigenvalue weighted by atomic mass is 79.9. The lowest BCUT2D eigenvalue weighted by molar-refractivity contribution is 0.414. The van der Waals surface area contributed by atoms with Crippen molar-refractivity contribution >= 4 is 38.6 Å². The van der Waals surface area contributed by atoms with Crippen LogP contribution in [-0.2, 0) is 0 Å². The van der Waals surface area contributed by atoms with E-state index in [4.69, 9.17) is 4.74 Å². The maximum atomic E-state index is 5.33. The van der Waals surface area contributed by atoms with Crippen LogP contribution >= 0.6 is 27.3 Å². The molecule has 0 radical (unpaired) electrons. The molecule has 0 unspecified atom stereocenters. The van der Waals surface area contributed by atoms with Crippen molar-refractivity contribution in [1.82, 2.24) is 4.98 Å². The zero-order valence-corrected chi connectivity index (χ0v) is 15.7. The first-order valence-electron chi connectivity index (χ1n) is 7.33. The van der Waals surface area contributed by atoms with Gasteiger partial charge in [0.2, 0.25) is 5.13 Å². The largest absolute Gasteiger partial charge is 0.496 e. The number of hydrogen-bond acceptors (Lipinski definition) is 5. The predicted molar refractivity (Wildman–Crippen MR) is 104 cm³/mol. The summed E-state index contributed by atoms with van der Waals surface area (Å²) in [6.45, 7) is 2.06. The highest BCUT2D eigenvalue weighted by molar-refractivity contribution is 9.10. The van der Waals surface area contributed by atoms with Gasteiger partial charge in [0.1, 0.15) is 5.75 Å². The molecular weight excluding hydrogens is 386 g/mol. The van der Waals surface area contributed by atoms with Crippen LogP contribution in [0.5, 0.6) is 5.75 Å². The third-order valence-corrected chi connectivity index (χ3v) is 4.77. The summed E-state index contributed by atoms with van der Waals surface area (Å²) in [4.78, 5) is 5.78. The molecule has 0 bridgehead atoms. The number of halogens is 1. The van der Waals surface area contributed by atoms with Gasteiger partial charge in [0.25, 0.3) is 0 Å². The molecule has 0 aliphatic rings. The molecule has 3 rings (SSSR count). The zero-order chi connectivity index (χ0) is 16.9. The van der Waals surface area contributed by atoms with Gasteiger partial charge < -0.3 is 4.74 Å². The van der Waals surface area contributed by atoms with Crippen molar-refractivity contribution in [3.8, 4) is 17.0 Å². The Hall–Kier alpha value is -2.18. The van der Waals surface area contributed by atoms with E-state index in [9.17, 15) is 0 Å². The molecule has 122 valence electrons. The summed E-state index contributed by atoms with van der Waals surface area (Å²) in [6.07, 6.45) is 1.72. The van der Waals surface area contributed by atoms with Crippen molar-refractivity contribution in [2.45, 2.75) is 6.92 Å². The van der Waals surface area contributed by atoms with Gasteiger partial charge in [-0.2, -0.15) is 5.10 Å². The molecule has 3 aromatic rings. The predicted octanol–water partition coefficient (Wildman–Crippen LogP) is 5.34. The molecule has 0 aliphatic heterocycles. The topological polar surface area (TPSA) is 46.5 Å². The fraction of sp³-hybridized carbons (Fsp3) is 0.111. The van der Waals surface area contributed by atoms with Crippen LogP contribution in [0.2, 0.25) is 0 Å². The Morgan fingerprint density at radius 1 is 1.21 bits per heavy atom. The van der Waals surface area contributed by atoms with E-state index < -0.39 is 0 Å². The summed E-state index contributed by atoms with van der Waals surface area (Å²) in [5, 5.41) is 5.04. The number of nitrogens with zero attached hydrogens (tertiary/aromatic N) is 2. The maximum Gasteiger partial charge on any atom is 0.204 e. The number of methoxy groups -OCH3 is 1. The van der Waals surface area contributed by atoms with Gasteiger partial charge in [-0.15, -0.1) is 11.3 Å². The normalized spacial score (nSPS) is 11.0. The van der Waals surface area contributed by atoms with Crippen LogP contribution in [0.3, 0.4) is 0 Å². The first-order valence-corrected chi connectivity index (χ1v) is 8.94. The monoisotopic (exact) mass is 401 g/mol. The van der Waals surface area contributed by atoms with Crippen molar-refractivity contribution in [1.29, 1.82) is 0 Å². The van der Waals surface area contributed by atoms with Crippen molar-refractivity contribution in [3.63, 3.8) is 0 Å². The smallest absolute Gasteiger partial charge is 0.204 e. The lowest BCUT2D eigenvalue weighted by Crippen LogP contribution is -1.94. The highest BCUT2D eigenvalue weighted by Gasteiger charge is 2.09. The number of rotatable bonds is 5. The third-order valence-electron chi connectivity index (χ3n) is 3.40. The Bertz CT molecular complexity index is 862. The minimum atomic E-state index is 0.761. The van der Waals surface area contributed by atoms with Gasteiger partial charge in [0.15, 0.2) is 0 Å². The summed E-state index contributed by atoms with van der Waals surface area (Å²) in [7, 11) is 1.64. The summed E-state index contributed by atoms with van der Waals surface area (Å²) in [5.74, 6) is 0.768. The molecule has 6 heteroatoms. The van der Waals surface area contributed by atoms with E-state index in [-0.39, 0.29) is 0 Å². The van der Waals surface area contributed by atoms with Crippen LogP contribution in [0, 0.1) is 6.92 Å². The molecule has 24 heavy (non-hydrogen) atoms. The molecule has 0 aliphatic carbocycles. The van der Waals surface area contributed by atoms with Crippen LogP contribution in [-0.4, -0.2) is 18.3 Å². The molecule has 2 aromatic carbocycles. The Morgan fingerprint density at radius 2 is 2.00 bits per heavy atom. The van der Waals surface area contributed by atoms with Crippen molar-refractivity contribution in [2.24, 2.45) is 5.10 Å². The van der Waals surface area contributed by atoms with Crippen LogP contribution in [0.25, 0.3) is 11.3 Å². The third kappa shape index (κ3) is 3.83. The van der Waals surface area contributed by atoms with E-state index in [1.54, 1.807) is 24.7 Å². The summed E-state index contributed by atoms with van der Waals surface area (Å²) < 4.78 is 6.30. The molecule has 0 saturated carbocycles. The fourth-order valence-electron chi connectivity index (χ4n) is 2.27. The number of anilines is 1. The van der Waals surface area contributed by atoms with Crippen LogP contribution < -0.4 is 10.2 Å². The van der Waals surface area contributed by atoms with E-state index in [2.05, 4.69) is 50.5 Å². The van der Waals surface area contributed by atoms with Crippen molar-refractivity contribution in [2.75, 3.05) is 12.5 Å². The first kappa shape index (κ1) is 16.7. The number of thiazole rings is 1. The van der Waals surface area contributed by atoms with E-state index in [0.29, 0.717) is 0 Å². The number of aryl methyl sites for hydroxylation is 1. The molecule has 0 fully saturated rings. The Morgan fingerprint density at radius 3 is 2.75 bits per heavy atom. The molecular formula is C18H16BrN3OS. The van der Waals surface area contributed by atoms with Gasteiger partial charge in [-0.3, -0.25) is 5.43 Å². The van der Waals surface area contributed by atoms with E-state index in [1.165, 1.54) is 0 Å². The SMILES string of the molecule is COc1ccc(Br)cc1/C=N/Nc1nc(-c2ccccc2)c(C)s1. The number of hydrazone groups is 1. The summed E-state index contributed by atoms with van der Waals surface area (Å²) in [5.41, 5.74) is 5.98. The lowest BCUT2D eigenvalue weighted by atomic mass is 10.1. The molecule has 0 spiro atoms. The van der Waals surface area contributed by atoms with Crippen LogP contribution in [0.15, 0.2) is 58.1 Å². The van der Waals surface area contributed by atoms with E-state index >= 15 is 0 Å². The molecule has 0 amide bonds. The molecule has 1 N–H and O–H groups in total. The van der Waals surface area contributed by atoms with Crippen LogP contribution in [0.1, 0.15) is 10.4 Å². The molecule has 0 saturated heterocycles. The highest BCUT2D eigenvalue weighted by Crippen LogP contribution is 2.30. The number of nitrogens with one attached hydrogen (secondary N) is 1. The quantitative estimate of drug-likeness (QED) is 0.463. The zero-order valence-electron chi connectivity index (χ0n) is 13.3. The van der Waals surface area contributed by atoms with Gasteiger partial charge in [0, 0.05) is 20.5 Å². The Balaban J connectivity index is 1.77. The Kier molecular flexibility index (Phi) is 5.27. The number of aromatic nitrogens is 1. The summed E-state index contributed by atoms with van der Waals surface area (Å²) >= 11 is 5.03. The lowest BCUT2D eigenvalue weighted by Gasteiger charge is -2.04. The van der Waals surface area contributed by atoms with Gasteiger partial charge >= 0.3 is 0 Å². The maximum absolute atomic E-state index is 5.33. The first-order chi connectivity index (χ1) is 11.7. The van der Waals surface area contributed by atoms with Gasteiger partial charge in [-0.1, -0.05) is 46.3 Å². The standard InChI is InChI=1S/C18H16BrN3OS/c1-12-17(13-6-4-3-5-7-13)21-18(24-12)22-20-11-14-10-15(19)8-9-16(14)23-2/h3-11H,1-2H3,(H,21,22)/b20-11+. The summed E-state index contributed by atoms with van der Waals surface area (Å²) in [6, 6.07) is 15.9. The molecule has 0 atom stereocenters. The van der Waals surface area contributed by atoms with Gasteiger partial charge in [-0.25, -0.2) is 4.98 Å². The van der Waals surface area contributed by atoms with Gasteiger partial charge in [0.05, 0.1) is 19.0 Å². The molecule has 1 heterocycles. The van der Waals surface area contributed by atoms with Crippen molar-refractivity contribution in [3.05, 3.63) is 63.4 Å². The minimum Gasteiger partial charge on any atom is -0.496 e. The second-order valence-corrected chi connectivity index (χ2v) is 7.16. The van der Waals surface area contributed by atoms with E-state index in [1.807, 2.05) is 36.4 Å². The number of benzene rings is 2. The Labute approximate surface area is 153 Å². The van der Waals surface area contributed by atoms with Crippen molar-refractivity contribution < 1.29 is 4.74 Å². The second kappa shape index (κ2) is 7.59. The average molecular weight is 402 g/mol.